The molecule has 0 spiro atoms. The first kappa shape index (κ1) is 16.4. The van der Waals surface area contributed by atoms with Gasteiger partial charge in [-0.05, 0) is 40.0 Å². The molecule has 4 nitrogen and oxygen atoms in total. The molecule has 0 rings (SSSR count). The van der Waals surface area contributed by atoms with Gasteiger partial charge in [0, 0.05) is 6.54 Å². The SMILES string of the molecule is CC(C)CC(C)(O)CNCC(=O)OC(C)(C)C. The zero-order valence-electron chi connectivity index (χ0n) is 12.0. The third-order valence-corrected chi connectivity index (χ3v) is 2.04. The molecular formula is C13H27NO3. The van der Waals surface area contributed by atoms with E-state index in [0.717, 1.165) is 0 Å². The Morgan fingerprint density at radius 3 is 2.24 bits per heavy atom. The molecule has 0 aliphatic carbocycles. The number of rotatable bonds is 6. The average molecular weight is 245 g/mol. The van der Waals surface area contributed by atoms with Crippen LogP contribution in [0, 0.1) is 5.92 Å². The molecule has 0 bridgehead atoms. The fourth-order valence-corrected chi connectivity index (χ4v) is 1.76. The zero-order chi connectivity index (χ0) is 13.7. The van der Waals surface area contributed by atoms with Crippen molar-refractivity contribution >= 4 is 5.97 Å². The van der Waals surface area contributed by atoms with E-state index >= 15 is 0 Å². The lowest BCUT2D eigenvalue weighted by atomic mass is 9.94. The van der Waals surface area contributed by atoms with Gasteiger partial charge in [-0.15, -0.1) is 0 Å². The maximum Gasteiger partial charge on any atom is 0.320 e. The Bertz CT molecular complexity index is 242. The molecule has 0 fully saturated rings. The zero-order valence-corrected chi connectivity index (χ0v) is 12.0. The lowest BCUT2D eigenvalue weighted by molar-refractivity contribution is -0.153. The Labute approximate surface area is 105 Å². The Kier molecular flexibility index (Phi) is 6.13. The number of aliphatic hydroxyl groups is 1. The van der Waals surface area contributed by atoms with Crippen LogP contribution < -0.4 is 5.32 Å². The first-order chi connectivity index (χ1) is 7.52. The number of esters is 1. The molecule has 0 aliphatic rings. The van der Waals surface area contributed by atoms with E-state index in [1.807, 2.05) is 20.8 Å². The molecule has 0 aliphatic heterocycles. The summed E-state index contributed by atoms with van der Waals surface area (Å²) in [5, 5.41) is 12.9. The summed E-state index contributed by atoms with van der Waals surface area (Å²) in [6, 6.07) is 0. The molecule has 102 valence electrons. The van der Waals surface area contributed by atoms with Crippen molar-refractivity contribution in [3.8, 4) is 0 Å². The van der Waals surface area contributed by atoms with Gasteiger partial charge in [-0.3, -0.25) is 4.79 Å². The summed E-state index contributed by atoms with van der Waals surface area (Å²) in [7, 11) is 0. The minimum Gasteiger partial charge on any atom is -0.459 e. The summed E-state index contributed by atoms with van der Waals surface area (Å²) in [6.07, 6.45) is 0.703. The first-order valence-electron chi connectivity index (χ1n) is 6.17. The van der Waals surface area contributed by atoms with Crippen LogP contribution in [0.3, 0.4) is 0 Å². The normalized spacial score (nSPS) is 15.8. The summed E-state index contributed by atoms with van der Waals surface area (Å²) in [5.41, 5.74) is -1.24. The third kappa shape index (κ3) is 10.3. The van der Waals surface area contributed by atoms with Gasteiger partial charge < -0.3 is 15.2 Å². The van der Waals surface area contributed by atoms with Crippen LogP contribution in [0.4, 0.5) is 0 Å². The van der Waals surface area contributed by atoms with Crippen molar-refractivity contribution in [1.82, 2.24) is 5.32 Å². The summed E-state index contributed by atoms with van der Waals surface area (Å²) in [4.78, 5) is 11.4. The van der Waals surface area contributed by atoms with Crippen LogP contribution in [-0.2, 0) is 9.53 Å². The van der Waals surface area contributed by atoms with E-state index in [9.17, 15) is 9.90 Å². The number of carbonyl (C=O) groups is 1. The highest BCUT2D eigenvalue weighted by molar-refractivity contribution is 5.72. The van der Waals surface area contributed by atoms with Gasteiger partial charge in [-0.25, -0.2) is 0 Å². The highest BCUT2D eigenvalue weighted by atomic mass is 16.6. The van der Waals surface area contributed by atoms with Crippen molar-refractivity contribution in [3.63, 3.8) is 0 Å². The fourth-order valence-electron chi connectivity index (χ4n) is 1.76. The highest BCUT2D eigenvalue weighted by Crippen LogP contribution is 2.15. The predicted molar refractivity (Wildman–Crippen MR) is 68.8 cm³/mol. The third-order valence-electron chi connectivity index (χ3n) is 2.04. The second-order valence-corrected chi connectivity index (χ2v) is 6.28. The van der Waals surface area contributed by atoms with Gasteiger partial charge in [0.05, 0.1) is 12.1 Å². The van der Waals surface area contributed by atoms with Crippen LogP contribution in [0.1, 0.15) is 48.0 Å². The van der Waals surface area contributed by atoms with Crippen LogP contribution in [0.15, 0.2) is 0 Å². The monoisotopic (exact) mass is 245 g/mol. The molecule has 0 aromatic rings. The lowest BCUT2D eigenvalue weighted by Gasteiger charge is -2.26. The number of hydrogen-bond acceptors (Lipinski definition) is 4. The van der Waals surface area contributed by atoms with Crippen molar-refractivity contribution in [2.75, 3.05) is 13.1 Å². The largest absolute Gasteiger partial charge is 0.459 e. The van der Waals surface area contributed by atoms with Crippen LogP contribution >= 0.6 is 0 Å². The molecule has 0 aromatic heterocycles. The Hall–Kier alpha value is -0.610. The average Bonchev–Trinajstić information content (AvgIpc) is 1.95. The van der Waals surface area contributed by atoms with E-state index in [0.29, 0.717) is 18.9 Å². The quantitative estimate of drug-likeness (QED) is 0.700. The van der Waals surface area contributed by atoms with Crippen LogP contribution in [0.2, 0.25) is 0 Å². The van der Waals surface area contributed by atoms with Gasteiger partial charge in [0.1, 0.15) is 5.60 Å². The van der Waals surface area contributed by atoms with E-state index in [1.165, 1.54) is 0 Å². The van der Waals surface area contributed by atoms with Crippen LogP contribution in [0.25, 0.3) is 0 Å². The van der Waals surface area contributed by atoms with Crippen molar-refractivity contribution in [2.24, 2.45) is 5.92 Å². The molecule has 17 heavy (non-hydrogen) atoms. The summed E-state index contributed by atoms with van der Waals surface area (Å²) in [5.74, 6) is 0.131. The molecule has 0 saturated carbocycles. The summed E-state index contributed by atoms with van der Waals surface area (Å²) >= 11 is 0. The van der Waals surface area contributed by atoms with Gasteiger partial charge in [0.15, 0.2) is 0 Å². The van der Waals surface area contributed by atoms with Crippen LogP contribution in [0.5, 0.6) is 0 Å². The van der Waals surface area contributed by atoms with Gasteiger partial charge in [-0.1, -0.05) is 13.8 Å². The molecule has 0 radical (unpaired) electrons. The molecule has 1 atom stereocenters. The molecule has 4 heteroatoms. The van der Waals surface area contributed by atoms with Crippen molar-refractivity contribution in [2.45, 2.75) is 59.2 Å². The van der Waals surface area contributed by atoms with E-state index in [-0.39, 0.29) is 12.5 Å². The van der Waals surface area contributed by atoms with E-state index < -0.39 is 11.2 Å². The molecule has 0 amide bonds. The smallest absolute Gasteiger partial charge is 0.320 e. The fraction of sp³-hybridized carbons (Fsp3) is 0.923. The highest BCUT2D eigenvalue weighted by Gasteiger charge is 2.22. The number of ether oxygens (including phenoxy) is 1. The lowest BCUT2D eigenvalue weighted by Crippen LogP contribution is -2.42. The number of hydrogen-bond donors (Lipinski definition) is 2. The number of carbonyl (C=O) groups excluding carboxylic acids is 1. The van der Waals surface area contributed by atoms with E-state index in [2.05, 4.69) is 19.2 Å². The predicted octanol–water partition coefficient (Wildman–Crippen LogP) is 1.71. The van der Waals surface area contributed by atoms with E-state index in [4.69, 9.17) is 4.74 Å². The molecule has 1 unspecified atom stereocenters. The van der Waals surface area contributed by atoms with Crippen molar-refractivity contribution < 1.29 is 14.6 Å². The molecule has 0 heterocycles. The molecular weight excluding hydrogens is 218 g/mol. The summed E-state index contributed by atoms with van der Waals surface area (Å²) < 4.78 is 5.15. The topological polar surface area (TPSA) is 58.6 Å². The molecule has 2 N–H and O–H groups in total. The Morgan fingerprint density at radius 2 is 1.82 bits per heavy atom. The van der Waals surface area contributed by atoms with Gasteiger partial charge in [0.2, 0.25) is 0 Å². The van der Waals surface area contributed by atoms with Crippen molar-refractivity contribution in [3.05, 3.63) is 0 Å². The van der Waals surface area contributed by atoms with Gasteiger partial charge >= 0.3 is 5.97 Å². The molecule has 0 saturated heterocycles. The van der Waals surface area contributed by atoms with Crippen LogP contribution in [-0.4, -0.2) is 35.4 Å². The first-order valence-corrected chi connectivity index (χ1v) is 6.17. The number of nitrogens with one attached hydrogen (secondary N) is 1. The molecule has 0 aromatic carbocycles. The minimum atomic E-state index is -0.782. The van der Waals surface area contributed by atoms with E-state index in [1.54, 1.807) is 6.92 Å². The standard InChI is InChI=1S/C13H27NO3/c1-10(2)7-13(6,16)9-14-8-11(15)17-12(3,4)5/h10,14,16H,7-9H2,1-6H3. The Balaban J connectivity index is 3.87. The van der Waals surface area contributed by atoms with Gasteiger partial charge in [0.25, 0.3) is 0 Å². The Morgan fingerprint density at radius 1 is 1.29 bits per heavy atom. The summed E-state index contributed by atoms with van der Waals surface area (Å²) in [6.45, 7) is 11.9. The second kappa shape index (κ2) is 6.36. The minimum absolute atomic E-state index is 0.130. The maximum atomic E-state index is 11.4. The van der Waals surface area contributed by atoms with Gasteiger partial charge in [-0.2, -0.15) is 0 Å². The van der Waals surface area contributed by atoms with Crippen molar-refractivity contribution in [1.29, 1.82) is 0 Å². The maximum absolute atomic E-state index is 11.4. The second-order valence-electron chi connectivity index (χ2n) is 6.28.